The number of H-pyrrole nitrogens is 1. The van der Waals surface area contributed by atoms with Gasteiger partial charge < -0.3 is 15.6 Å². The van der Waals surface area contributed by atoms with Crippen LogP contribution in [0.4, 0.5) is 11.4 Å². The van der Waals surface area contributed by atoms with Crippen molar-refractivity contribution in [3.05, 3.63) is 47.3 Å². The molecule has 0 aliphatic carbocycles. The molecule has 2 aromatic rings. The third kappa shape index (κ3) is 2.27. The van der Waals surface area contributed by atoms with Crippen molar-refractivity contribution in [2.75, 3.05) is 17.2 Å². The van der Waals surface area contributed by atoms with Crippen molar-refractivity contribution < 1.29 is 4.79 Å². The highest BCUT2D eigenvalue weighted by molar-refractivity contribution is 6.07. The van der Waals surface area contributed by atoms with Gasteiger partial charge in [0.05, 0.1) is 5.56 Å². The number of carbonyl (C=O) groups excluding carboxylic acids is 1. The van der Waals surface area contributed by atoms with Crippen LogP contribution in [0.5, 0.6) is 0 Å². The van der Waals surface area contributed by atoms with Crippen LogP contribution in [-0.2, 0) is 6.42 Å². The molecular formula is C15H18ClN3O. The highest BCUT2D eigenvalue weighted by Crippen LogP contribution is 2.32. The molecule has 0 bridgehead atoms. The predicted octanol–water partition coefficient (Wildman–Crippen LogP) is 2.92. The number of fused-ring (bicyclic) bond motifs is 1. The fourth-order valence-corrected chi connectivity index (χ4v) is 2.69. The van der Waals surface area contributed by atoms with E-state index in [1.807, 2.05) is 36.1 Å². The van der Waals surface area contributed by atoms with E-state index >= 15 is 0 Å². The number of nitrogens with two attached hydrogens (primary N) is 1. The number of nitrogens with one attached hydrogen (secondary N) is 1. The number of rotatable bonds is 1. The van der Waals surface area contributed by atoms with Crippen LogP contribution >= 0.6 is 12.4 Å². The van der Waals surface area contributed by atoms with Crippen LogP contribution in [0.25, 0.3) is 0 Å². The van der Waals surface area contributed by atoms with E-state index in [2.05, 4.69) is 4.98 Å². The first kappa shape index (κ1) is 14.5. The number of carbonyl (C=O) groups is 1. The molecule has 0 unspecified atom stereocenters. The zero-order valence-electron chi connectivity index (χ0n) is 11.3. The Hall–Kier alpha value is -1.94. The van der Waals surface area contributed by atoms with Crippen molar-refractivity contribution in [3.63, 3.8) is 0 Å². The molecule has 20 heavy (non-hydrogen) atoms. The average Bonchev–Trinajstić information content (AvgIpc) is 2.84. The maximum Gasteiger partial charge on any atom is 0.260 e. The summed E-state index contributed by atoms with van der Waals surface area (Å²) in [6.45, 7) is 2.66. The van der Waals surface area contributed by atoms with Crippen LogP contribution < -0.4 is 10.6 Å². The first-order valence-corrected chi connectivity index (χ1v) is 6.51. The highest BCUT2D eigenvalue weighted by atomic mass is 35.5. The number of aromatic amines is 1. The molecule has 1 aliphatic heterocycles. The SMILES string of the molecule is Cc1[nH]ccc1C(=O)N1CCCc2c(N)cccc21.Cl. The fourth-order valence-electron chi connectivity index (χ4n) is 2.69. The average molecular weight is 292 g/mol. The van der Waals surface area contributed by atoms with E-state index in [1.54, 1.807) is 6.20 Å². The second-order valence-corrected chi connectivity index (χ2v) is 4.92. The third-order valence-corrected chi connectivity index (χ3v) is 3.72. The Labute approximate surface area is 124 Å². The largest absolute Gasteiger partial charge is 0.398 e. The van der Waals surface area contributed by atoms with Gasteiger partial charge in [-0.1, -0.05) is 6.07 Å². The summed E-state index contributed by atoms with van der Waals surface area (Å²) >= 11 is 0. The minimum atomic E-state index is 0. The van der Waals surface area contributed by atoms with Crippen LogP contribution in [0.2, 0.25) is 0 Å². The smallest absolute Gasteiger partial charge is 0.260 e. The Kier molecular flexibility index (Phi) is 4.04. The van der Waals surface area contributed by atoms with Crippen LogP contribution in [0.1, 0.15) is 28.0 Å². The van der Waals surface area contributed by atoms with Gasteiger partial charge in [-0.15, -0.1) is 12.4 Å². The Morgan fingerprint density at radius 1 is 1.35 bits per heavy atom. The van der Waals surface area contributed by atoms with E-state index in [9.17, 15) is 4.79 Å². The van der Waals surface area contributed by atoms with Crippen molar-refractivity contribution >= 4 is 29.7 Å². The van der Waals surface area contributed by atoms with Gasteiger partial charge in [0, 0.05) is 29.8 Å². The number of anilines is 2. The first-order valence-electron chi connectivity index (χ1n) is 6.51. The lowest BCUT2D eigenvalue weighted by molar-refractivity contribution is 0.0984. The molecule has 1 aromatic heterocycles. The van der Waals surface area contributed by atoms with Gasteiger partial charge in [-0.25, -0.2) is 0 Å². The molecule has 1 aliphatic rings. The van der Waals surface area contributed by atoms with Crippen molar-refractivity contribution in [3.8, 4) is 0 Å². The topological polar surface area (TPSA) is 62.1 Å². The molecule has 2 heterocycles. The maximum atomic E-state index is 12.6. The molecule has 0 radical (unpaired) electrons. The maximum absolute atomic E-state index is 12.6. The zero-order chi connectivity index (χ0) is 13.4. The van der Waals surface area contributed by atoms with Gasteiger partial charge in [0.1, 0.15) is 0 Å². The number of benzene rings is 1. The Bertz CT molecular complexity index is 636. The number of halogens is 1. The monoisotopic (exact) mass is 291 g/mol. The zero-order valence-corrected chi connectivity index (χ0v) is 12.2. The quantitative estimate of drug-likeness (QED) is 0.794. The molecule has 0 saturated carbocycles. The summed E-state index contributed by atoms with van der Waals surface area (Å²) in [5.41, 5.74) is 10.5. The molecule has 1 aromatic carbocycles. The minimum Gasteiger partial charge on any atom is -0.398 e. The van der Waals surface area contributed by atoms with E-state index < -0.39 is 0 Å². The molecule has 3 N–H and O–H groups in total. The van der Waals surface area contributed by atoms with Gasteiger partial charge in [0.2, 0.25) is 0 Å². The lowest BCUT2D eigenvalue weighted by Gasteiger charge is -2.30. The lowest BCUT2D eigenvalue weighted by atomic mass is 9.99. The van der Waals surface area contributed by atoms with Crippen LogP contribution in [0.3, 0.4) is 0 Å². The Morgan fingerprint density at radius 3 is 2.85 bits per heavy atom. The van der Waals surface area contributed by atoms with Crippen LogP contribution in [-0.4, -0.2) is 17.4 Å². The summed E-state index contributed by atoms with van der Waals surface area (Å²) in [4.78, 5) is 17.5. The van der Waals surface area contributed by atoms with Gasteiger partial charge in [-0.05, 0) is 43.5 Å². The molecule has 5 heteroatoms. The van der Waals surface area contributed by atoms with E-state index in [0.29, 0.717) is 0 Å². The summed E-state index contributed by atoms with van der Waals surface area (Å²) in [7, 11) is 0. The second-order valence-electron chi connectivity index (χ2n) is 4.92. The van der Waals surface area contributed by atoms with E-state index in [0.717, 1.165) is 47.6 Å². The fraction of sp³-hybridized carbons (Fsp3) is 0.267. The lowest BCUT2D eigenvalue weighted by Crippen LogP contribution is -2.35. The molecule has 4 nitrogen and oxygen atoms in total. The number of nitrogen functional groups attached to an aromatic ring is 1. The summed E-state index contributed by atoms with van der Waals surface area (Å²) < 4.78 is 0. The van der Waals surface area contributed by atoms with Crippen molar-refractivity contribution in [2.45, 2.75) is 19.8 Å². The van der Waals surface area contributed by atoms with Crippen molar-refractivity contribution in [1.82, 2.24) is 4.98 Å². The molecule has 3 rings (SSSR count). The number of hydrogen-bond acceptors (Lipinski definition) is 2. The summed E-state index contributed by atoms with van der Waals surface area (Å²) in [6.07, 6.45) is 3.70. The van der Waals surface area contributed by atoms with Crippen LogP contribution in [0, 0.1) is 6.92 Å². The highest BCUT2D eigenvalue weighted by Gasteiger charge is 2.25. The molecule has 0 fully saturated rings. The van der Waals surface area contributed by atoms with Gasteiger partial charge in [0.25, 0.3) is 5.91 Å². The van der Waals surface area contributed by atoms with Crippen molar-refractivity contribution in [2.24, 2.45) is 0 Å². The molecule has 0 saturated heterocycles. The van der Waals surface area contributed by atoms with Gasteiger partial charge >= 0.3 is 0 Å². The van der Waals surface area contributed by atoms with Crippen molar-refractivity contribution in [1.29, 1.82) is 0 Å². The standard InChI is InChI=1S/C15H17N3O.ClH/c1-10-11(7-8-17-10)15(19)18-9-3-4-12-13(16)5-2-6-14(12)18;/h2,5-8,17H,3-4,9,16H2,1H3;1H. The number of hydrogen-bond donors (Lipinski definition) is 2. The summed E-state index contributed by atoms with van der Waals surface area (Å²) in [6, 6.07) is 7.61. The van der Waals surface area contributed by atoms with E-state index in [4.69, 9.17) is 5.73 Å². The number of aryl methyl sites for hydroxylation is 1. The van der Waals surface area contributed by atoms with Gasteiger partial charge in [0.15, 0.2) is 0 Å². The van der Waals surface area contributed by atoms with Crippen LogP contribution in [0.15, 0.2) is 30.5 Å². The van der Waals surface area contributed by atoms with E-state index in [-0.39, 0.29) is 18.3 Å². The number of nitrogens with zero attached hydrogens (tertiary/aromatic N) is 1. The minimum absolute atomic E-state index is 0. The molecule has 0 atom stereocenters. The summed E-state index contributed by atoms with van der Waals surface area (Å²) in [5, 5.41) is 0. The van der Waals surface area contributed by atoms with Gasteiger partial charge in [-0.3, -0.25) is 4.79 Å². The number of aromatic nitrogens is 1. The first-order chi connectivity index (χ1) is 9.18. The van der Waals surface area contributed by atoms with Gasteiger partial charge in [-0.2, -0.15) is 0 Å². The summed E-state index contributed by atoms with van der Waals surface area (Å²) in [5.74, 6) is 0.0466. The normalized spacial score (nSPS) is 13.6. The number of amides is 1. The van der Waals surface area contributed by atoms with E-state index in [1.165, 1.54) is 0 Å². The second kappa shape index (κ2) is 5.59. The molecule has 1 amide bonds. The predicted molar refractivity (Wildman–Crippen MR) is 83.6 cm³/mol. The Morgan fingerprint density at radius 2 is 2.15 bits per heavy atom. The molecule has 0 spiro atoms. The molecule has 106 valence electrons. The Balaban J connectivity index is 0.00000147. The molecular weight excluding hydrogens is 274 g/mol. The third-order valence-electron chi connectivity index (χ3n) is 3.72.